The molecule has 5 rings (SSSR count). The van der Waals surface area contributed by atoms with E-state index in [1.807, 2.05) is 23.1 Å². The summed E-state index contributed by atoms with van der Waals surface area (Å²) < 4.78 is 5.97. The van der Waals surface area contributed by atoms with Crippen molar-refractivity contribution in [2.45, 2.75) is 5.92 Å². The zero-order chi connectivity index (χ0) is 21.7. The van der Waals surface area contributed by atoms with E-state index in [0.29, 0.717) is 45.1 Å². The van der Waals surface area contributed by atoms with E-state index in [1.165, 1.54) is 0 Å². The summed E-state index contributed by atoms with van der Waals surface area (Å²) in [6, 6.07) is 17.7. The van der Waals surface area contributed by atoms with E-state index in [0.717, 1.165) is 11.3 Å². The average Bonchev–Trinajstić information content (AvgIpc) is 3.21. The second-order valence-corrected chi connectivity index (χ2v) is 8.58. The molecule has 1 aliphatic heterocycles. The van der Waals surface area contributed by atoms with Gasteiger partial charge in [0.25, 0.3) is 0 Å². The fourth-order valence-electron chi connectivity index (χ4n) is 4.34. The molecule has 0 spiro atoms. The number of benzene rings is 3. The minimum absolute atomic E-state index is 0.144. The standard InChI is InChI=1S/C24H17Cl2NO4/c25-14-6-4-13(5-7-14)18-11-27(12-19(18)24(29)30)15-8-9-16-21(10-15)31-23-17(22(16)28)2-1-3-20(23)26/h1-10,18-19H,11-12H2,(H,29,30). The van der Waals surface area contributed by atoms with E-state index >= 15 is 0 Å². The van der Waals surface area contributed by atoms with Gasteiger partial charge in [-0.3, -0.25) is 9.59 Å². The molecule has 0 bridgehead atoms. The molecule has 1 saturated heterocycles. The Kier molecular flexibility index (Phi) is 4.88. The van der Waals surface area contributed by atoms with Crippen LogP contribution in [-0.4, -0.2) is 24.2 Å². The zero-order valence-corrected chi connectivity index (χ0v) is 17.7. The van der Waals surface area contributed by atoms with Crippen LogP contribution >= 0.6 is 23.2 Å². The molecule has 1 N–H and O–H groups in total. The van der Waals surface area contributed by atoms with Gasteiger partial charge in [-0.2, -0.15) is 0 Å². The number of anilines is 1. The average molecular weight is 454 g/mol. The van der Waals surface area contributed by atoms with Crippen molar-refractivity contribution in [3.8, 4) is 0 Å². The van der Waals surface area contributed by atoms with Gasteiger partial charge in [-0.15, -0.1) is 0 Å². The summed E-state index contributed by atoms with van der Waals surface area (Å²) in [5, 5.41) is 11.7. The zero-order valence-electron chi connectivity index (χ0n) is 16.2. The largest absolute Gasteiger partial charge is 0.481 e. The van der Waals surface area contributed by atoms with Crippen molar-refractivity contribution in [3.05, 3.63) is 86.5 Å². The quantitative estimate of drug-likeness (QED) is 0.411. The number of nitrogens with zero attached hydrogens (tertiary/aromatic N) is 1. The van der Waals surface area contributed by atoms with Gasteiger partial charge in [0.1, 0.15) is 5.58 Å². The van der Waals surface area contributed by atoms with Crippen LogP contribution in [0.1, 0.15) is 11.5 Å². The van der Waals surface area contributed by atoms with Crippen molar-refractivity contribution >= 4 is 56.8 Å². The van der Waals surface area contributed by atoms with Crippen molar-refractivity contribution in [1.82, 2.24) is 0 Å². The van der Waals surface area contributed by atoms with Crippen LogP contribution in [0.3, 0.4) is 0 Å². The Morgan fingerprint density at radius 3 is 2.52 bits per heavy atom. The fraction of sp³-hybridized carbons (Fsp3) is 0.167. The number of carbonyl (C=O) groups is 1. The van der Waals surface area contributed by atoms with Gasteiger partial charge in [-0.1, -0.05) is 41.4 Å². The molecule has 1 fully saturated rings. The number of carboxylic acid groups (broad SMARTS) is 1. The van der Waals surface area contributed by atoms with Crippen LogP contribution in [0, 0.1) is 5.92 Å². The summed E-state index contributed by atoms with van der Waals surface area (Å²) >= 11 is 12.2. The van der Waals surface area contributed by atoms with Crippen LogP contribution in [0.25, 0.3) is 21.9 Å². The Morgan fingerprint density at radius 2 is 1.77 bits per heavy atom. The molecule has 0 aliphatic carbocycles. The number of para-hydroxylation sites is 1. The third-order valence-electron chi connectivity index (χ3n) is 5.93. The lowest BCUT2D eigenvalue weighted by Gasteiger charge is -2.19. The molecular formula is C24H17Cl2NO4. The van der Waals surface area contributed by atoms with Gasteiger partial charge in [0.2, 0.25) is 5.43 Å². The Morgan fingerprint density at radius 1 is 1.00 bits per heavy atom. The molecule has 3 aromatic carbocycles. The molecule has 7 heteroatoms. The van der Waals surface area contributed by atoms with Crippen LogP contribution < -0.4 is 10.3 Å². The summed E-state index contributed by atoms with van der Waals surface area (Å²) in [4.78, 5) is 26.8. The maximum absolute atomic E-state index is 12.9. The van der Waals surface area contributed by atoms with Crippen LogP contribution in [0.4, 0.5) is 5.69 Å². The smallest absolute Gasteiger partial charge is 0.308 e. The summed E-state index contributed by atoms with van der Waals surface area (Å²) in [5.41, 5.74) is 2.36. The Bertz CT molecular complexity index is 1380. The molecule has 2 heterocycles. The van der Waals surface area contributed by atoms with Crippen LogP contribution in [-0.2, 0) is 4.79 Å². The number of aliphatic carboxylic acids is 1. The summed E-state index contributed by atoms with van der Waals surface area (Å²) in [5.74, 6) is -1.58. The highest BCUT2D eigenvalue weighted by atomic mass is 35.5. The Labute approximate surface area is 187 Å². The van der Waals surface area contributed by atoms with Crippen LogP contribution in [0.5, 0.6) is 0 Å². The van der Waals surface area contributed by atoms with E-state index in [2.05, 4.69) is 0 Å². The first-order valence-electron chi connectivity index (χ1n) is 9.80. The van der Waals surface area contributed by atoms with Crippen LogP contribution in [0.15, 0.2) is 69.9 Å². The molecule has 0 amide bonds. The topological polar surface area (TPSA) is 70.8 Å². The molecule has 156 valence electrons. The van der Waals surface area contributed by atoms with Crippen molar-refractivity contribution in [2.75, 3.05) is 18.0 Å². The first kappa shape index (κ1) is 19.9. The highest BCUT2D eigenvalue weighted by Gasteiger charge is 2.38. The number of fused-ring (bicyclic) bond motifs is 2. The van der Waals surface area contributed by atoms with Gasteiger partial charge >= 0.3 is 5.97 Å². The molecule has 1 aliphatic rings. The van der Waals surface area contributed by atoms with Crippen molar-refractivity contribution in [2.24, 2.45) is 5.92 Å². The van der Waals surface area contributed by atoms with E-state index < -0.39 is 11.9 Å². The molecule has 4 aromatic rings. The van der Waals surface area contributed by atoms with Gasteiger partial charge in [0.05, 0.1) is 21.7 Å². The molecule has 0 radical (unpaired) electrons. The second-order valence-electron chi connectivity index (χ2n) is 7.74. The molecule has 2 atom stereocenters. The van der Waals surface area contributed by atoms with Gasteiger partial charge < -0.3 is 14.4 Å². The van der Waals surface area contributed by atoms with Gasteiger partial charge in [-0.25, -0.2) is 0 Å². The Hall–Kier alpha value is -3.02. The number of carboxylic acids is 1. The van der Waals surface area contributed by atoms with E-state index in [9.17, 15) is 14.7 Å². The van der Waals surface area contributed by atoms with Crippen molar-refractivity contribution < 1.29 is 14.3 Å². The molecular weight excluding hydrogens is 437 g/mol. The van der Waals surface area contributed by atoms with E-state index in [-0.39, 0.29) is 11.3 Å². The molecule has 5 nitrogen and oxygen atoms in total. The minimum Gasteiger partial charge on any atom is -0.481 e. The summed E-state index contributed by atoms with van der Waals surface area (Å²) in [6.45, 7) is 0.884. The van der Waals surface area contributed by atoms with E-state index in [1.54, 1.807) is 42.5 Å². The molecule has 31 heavy (non-hydrogen) atoms. The molecule has 0 saturated carbocycles. The predicted molar refractivity (Wildman–Crippen MR) is 123 cm³/mol. The van der Waals surface area contributed by atoms with Gasteiger partial charge in [-0.05, 0) is 42.0 Å². The normalized spacial score (nSPS) is 18.7. The van der Waals surface area contributed by atoms with Crippen molar-refractivity contribution in [1.29, 1.82) is 0 Å². The highest BCUT2D eigenvalue weighted by Crippen LogP contribution is 2.37. The second kappa shape index (κ2) is 7.59. The van der Waals surface area contributed by atoms with Crippen molar-refractivity contribution in [3.63, 3.8) is 0 Å². The van der Waals surface area contributed by atoms with Gasteiger partial charge in [0, 0.05) is 35.8 Å². The lowest BCUT2D eigenvalue weighted by Crippen LogP contribution is -2.23. The number of rotatable bonds is 3. The number of hydrogen-bond acceptors (Lipinski definition) is 4. The molecule has 2 unspecified atom stereocenters. The van der Waals surface area contributed by atoms with Crippen LogP contribution in [0.2, 0.25) is 10.0 Å². The van der Waals surface area contributed by atoms with Gasteiger partial charge in [0.15, 0.2) is 5.58 Å². The first-order chi connectivity index (χ1) is 14.9. The predicted octanol–water partition coefficient (Wildman–Crippen LogP) is 5.56. The number of halogens is 2. The SMILES string of the molecule is O=C(O)C1CN(c2ccc3c(=O)c4cccc(Cl)c4oc3c2)CC1c1ccc(Cl)cc1. The first-order valence-corrected chi connectivity index (χ1v) is 10.6. The highest BCUT2D eigenvalue weighted by molar-refractivity contribution is 6.34. The summed E-state index contributed by atoms with van der Waals surface area (Å²) in [6.07, 6.45) is 0. The lowest BCUT2D eigenvalue weighted by atomic mass is 9.89. The molecule has 1 aromatic heterocycles. The third-order valence-corrected chi connectivity index (χ3v) is 6.48. The lowest BCUT2D eigenvalue weighted by molar-refractivity contribution is -0.141. The minimum atomic E-state index is -0.840. The summed E-state index contributed by atoms with van der Waals surface area (Å²) in [7, 11) is 0. The number of hydrogen-bond donors (Lipinski definition) is 1. The third kappa shape index (κ3) is 3.44. The Balaban J connectivity index is 1.56. The monoisotopic (exact) mass is 453 g/mol. The fourth-order valence-corrected chi connectivity index (χ4v) is 4.68. The maximum Gasteiger partial charge on any atom is 0.308 e. The van der Waals surface area contributed by atoms with E-state index in [4.69, 9.17) is 27.6 Å². The maximum atomic E-state index is 12.9.